The topological polar surface area (TPSA) is 71.0 Å². The zero-order valence-corrected chi connectivity index (χ0v) is 21.2. The molecule has 0 atom stereocenters. The molecule has 0 saturated carbocycles. The highest BCUT2D eigenvalue weighted by molar-refractivity contribution is 7.99. The van der Waals surface area contributed by atoms with E-state index in [-0.39, 0.29) is 33.6 Å². The molecule has 0 saturated heterocycles. The fourth-order valence-electron chi connectivity index (χ4n) is 3.92. The molecule has 0 aliphatic carbocycles. The molecule has 6 nitrogen and oxygen atoms in total. The van der Waals surface area contributed by atoms with Gasteiger partial charge in [0.15, 0.2) is 0 Å². The van der Waals surface area contributed by atoms with E-state index in [1.807, 2.05) is 27.8 Å². The van der Waals surface area contributed by atoms with E-state index in [0.29, 0.717) is 4.90 Å². The average molecular weight is 568 g/mol. The van der Waals surface area contributed by atoms with Gasteiger partial charge < -0.3 is 14.5 Å². The van der Waals surface area contributed by atoms with Gasteiger partial charge >= 0.3 is 5.38 Å². The number of aromatic amines is 1. The lowest BCUT2D eigenvalue weighted by Gasteiger charge is -2.19. The van der Waals surface area contributed by atoms with Gasteiger partial charge in [-0.25, -0.2) is 4.98 Å². The number of rotatable bonds is 5. The Morgan fingerprint density at radius 1 is 1.08 bits per heavy atom. The summed E-state index contributed by atoms with van der Waals surface area (Å²) in [5, 5.41) is -3.37. The van der Waals surface area contributed by atoms with Gasteiger partial charge in [-0.15, -0.1) is 0 Å². The molecule has 0 unspecified atom stereocenters. The molecule has 12 heteroatoms. The van der Waals surface area contributed by atoms with Crippen LogP contribution in [0.5, 0.6) is 0 Å². The third-order valence-electron chi connectivity index (χ3n) is 5.65. The second-order valence-electron chi connectivity index (χ2n) is 7.99. The van der Waals surface area contributed by atoms with Gasteiger partial charge in [-0.05, 0) is 53.1 Å². The fraction of sp³-hybridized carbons (Fsp3) is 0.125. The van der Waals surface area contributed by atoms with E-state index in [2.05, 4.69) is 4.98 Å². The Labute approximate surface area is 222 Å². The lowest BCUT2D eigenvalue weighted by molar-refractivity contribution is 0.0740. The number of nitrogens with one attached hydrogen (secondary N) is 1. The molecule has 0 fully saturated rings. The van der Waals surface area contributed by atoms with Crippen molar-refractivity contribution in [2.24, 2.45) is 0 Å². The summed E-state index contributed by atoms with van der Waals surface area (Å²) in [5.41, 5.74) is 0.554. The van der Waals surface area contributed by atoms with E-state index in [4.69, 9.17) is 34.8 Å². The SMILES string of the molecule is O=C(c1c(Sc2c(Cl)cccc2Cl)cc(C(F)(F)Cl)[nH]c1=O)N1Cc2ccc(-n3ccnc3)cc2C1. The zero-order chi connectivity index (χ0) is 25.6. The molecule has 4 aromatic rings. The first-order chi connectivity index (χ1) is 17.1. The summed E-state index contributed by atoms with van der Waals surface area (Å²) in [6.45, 7) is 0.489. The van der Waals surface area contributed by atoms with Crippen LogP contribution < -0.4 is 5.56 Å². The number of carbonyl (C=O) groups is 1. The molecular formula is C24H15Cl3F2N4O2S. The third-order valence-corrected chi connectivity index (χ3v) is 7.89. The van der Waals surface area contributed by atoms with Crippen LogP contribution in [0.15, 0.2) is 75.8 Å². The van der Waals surface area contributed by atoms with Crippen LogP contribution in [0.3, 0.4) is 0 Å². The first-order valence-electron chi connectivity index (χ1n) is 10.5. The molecule has 2 aromatic heterocycles. The van der Waals surface area contributed by atoms with Crippen molar-refractivity contribution in [2.45, 2.75) is 28.3 Å². The van der Waals surface area contributed by atoms with E-state index < -0.39 is 22.5 Å². The quantitative estimate of drug-likeness (QED) is 0.281. The Morgan fingerprint density at radius 2 is 1.81 bits per heavy atom. The van der Waals surface area contributed by atoms with Crippen molar-refractivity contribution in [3.63, 3.8) is 0 Å². The number of fused-ring (bicyclic) bond motifs is 1. The Kier molecular flexibility index (Phi) is 6.59. The minimum Gasteiger partial charge on any atom is -0.330 e. The number of hydrogen-bond donors (Lipinski definition) is 1. The van der Waals surface area contributed by atoms with Crippen LogP contribution in [-0.4, -0.2) is 25.3 Å². The van der Waals surface area contributed by atoms with Gasteiger partial charge in [-0.2, -0.15) is 8.78 Å². The van der Waals surface area contributed by atoms with Gasteiger partial charge in [0, 0.05) is 41.0 Å². The van der Waals surface area contributed by atoms with E-state index in [0.717, 1.165) is 34.6 Å². The largest absolute Gasteiger partial charge is 0.362 e. The van der Waals surface area contributed by atoms with Gasteiger partial charge in [0.2, 0.25) is 0 Å². The molecule has 1 amide bonds. The van der Waals surface area contributed by atoms with Gasteiger partial charge in [0.25, 0.3) is 11.5 Å². The molecule has 5 rings (SSSR count). The van der Waals surface area contributed by atoms with Crippen LogP contribution in [0.1, 0.15) is 27.2 Å². The van der Waals surface area contributed by atoms with E-state index in [1.54, 1.807) is 36.9 Å². The summed E-state index contributed by atoms with van der Waals surface area (Å²) in [6, 6.07) is 11.5. The Bertz CT molecular complexity index is 1520. The number of halogens is 5. The molecule has 0 bridgehead atoms. The number of imidazole rings is 1. The normalized spacial score (nSPS) is 13.2. The smallest absolute Gasteiger partial charge is 0.330 e. The summed E-state index contributed by atoms with van der Waals surface area (Å²) in [5.74, 6) is -0.619. The third kappa shape index (κ3) is 4.76. The van der Waals surface area contributed by atoms with Crippen molar-refractivity contribution >= 4 is 52.5 Å². The van der Waals surface area contributed by atoms with Crippen LogP contribution in [0.4, 0.5) is 8.78 Å². The van der Waals surface area contributed by atoms with Crippen molar-refractivity contribution in [3.05, 3.63) is 104 Å². The number of pyridine rings is 1. The van der Waals surface area contributed by atoms with Crippen LogP contribution >= 0.6 is 46.6 Å². The Hall–Kier alpha value is -2.85. The van der Waals surface area contributed by atoms with Crippen LogP contribution in [-0.2, 0) is 18.5 Å². The number of benzene rings is 2. The van der Waals surface area contributed by atoms with Crippen molar-refractivity contribution in [2.75, 3.05) is 0 Å². The predicted molar refractivity (Wildman–Crippen MR) is 135 cm³/mol. The minimum absolute atomic E-state index is 0.0378. The van der Waals surface area contributed by atoms with Crippen LogP contribution in [0.25, 0.3) is 5.69 Å². The lowest BCUT2D eigenvalue weighted by atomic mass is 10.1. The van der Waals surface area contributed by atoms with Crippen molar-refractivity contribution in [3.8, 4) is 5.69 Å². The number of nitrogens with zero attached hydrogens (tertiary/aromatic N) is 3. The molecule has 1 aliphatic heterocycles. The molecule has 36 heavy (non-hydrogen) atoms. The fourth-order valence-corrected chi connectivity index (χ4v) is 5.66. The molecule has 2 aromatic carbocycles. The van der Waals surface area contributed by atoms with Crippen LogP contribution in [0.2, 0.25) is 10.0 Å². The first-order valence-corrected chi connectivity index (χ1v) is 12.4. The number of H-pyrrole nitrogens is 1. The second kappa shape index (κ2) is 9.55. The Morgan fingerprint density at radius 3 is 2.47 bits per heavy atom. The predicted octanol–water partition coefficient (Wildman–Crippen LogP) is 6.46. The molecular weight excluding hydrogens is 553 g/mol. The molecule has 1 aliphatic rings. The number of amides is 1. The number of aromatic nitrogens is 3. The van der Waals surface area contributed by atoms with Crippen molar-refractivity contribution in [1.82, 2.24) is 19.4 Å². The van der Waals surface area contributed by atoms with Gasteiger partial charge in [-0.3, -0.25) is 9.59 Å². The van der Waals surface area contributed by atoms with Gasteiger partial charge in [0.1, 0.15) is 11.3 Å². The minimum atomic E-state index is -3.85. The highest BCUT2D eigenvalue weighted by Crippen LogP contribution is 2.41. The molecule has 0 radical (unpaired) electrons. The maximum absolute atomic E-state index is 13.9. The Balaban J connectivity index is 1.53. The lowest BCUT2D eigenvalue weighted by Crippen LogP contribution is -2.32. The van der Waals surface area contributed by atoms with Gasteiger partial charge in [-0.1, -0.05) is 47.1 Å². The van der Waals surface area contributed by atoms with Crippen molar-refractivity contribution in [1.29, 1.82) is 0 Å². The molecule has 1 N–H and O–H groups in total. The standard InChI is InChI=1S/C24H15Cl3F2N4O2S/c25-16-2-1-3-17(26)21(16)36-18-9-19(24(27,28)29)31-22(34)20(18)23(35)33-10-13-4-5-15(8-14(13)11-33)32-7-6-30-12-32/h1-9,12H,10-11H2,(H,31,34). The van der Waals surface area contributed by atoms with E-state index in [9.17, 15) is 18.4 Å². The zero-order valence-electron chi connectivity index (χ0n) is 18.1. The maximum atomic E-state index is 13.9. The van der Waals surface area contributed by atoms with Crippen molar-refractivity contribution < 1.29 is 13.6 Å². The maximum Gasteiger partial charge on any atom is 0.362 e. The number of alkyl halides is 3. The highest BCUT2D eigenvalue weighted by atomic mass is 35.5. The summed E-state index contributed by atoms with van der Waals surface area (Å²) in [4.78, 5) is 34.4. The number of hydrogen-bond acceptors (Lipinski definition) is 4. The van der Waals surface area contributed by atoms with E-state index >= 15 is 0 Å². The average Bonchev–Trinajstić information content (AvgIpc) is 3.50. The highest BCUT2D eigenvalue weighted by Gasteiger charge is 2.34. The second-order valence-corrected chi connectivity index (χ2v) is 10.3. The van der Waals surface area contributed by atoms with Crippen LogP contribution in [0, 0.1) is 0 Å². The monoisotopic (exact) mass is 566 g/mol. The number of carbonyl (C=O) groups excluding carboxylic acids is 1. The summed E-state index contributed by atoms with van der Waals surface area (Å²) in [6.07, 6.45) is 5.13. The van der Waals surface area contributed by atoms with E-state index in [1.165, 1.54) is 4.90 Å². The summed E-state index contributed by atoms with van der Waals surface area (Å²) in [7, 11) is 0. The molecule has 184 valence electrons. The molecule has 0 spiro atoms. The first kappa shape index (κ1) is 24.8. The summed E-state index contributed by atoms with van der Waals surface area (Å²) >= 11 is 18.5. The molecule has 3 heterocycles. The summed E-state index contributed by atoms with van der Waals surface area (Å²) < 4.78 is 29.7. The van der Waals surface area contributed by atoms with Gasteiger partial charge in [0.05, 0.1) is 16.4 Å².